The Morgan fingerprint density at radius 1 is 0.941 bits per heavy atom. The first-order chi connectivity index (χ1) is 16.4. The van der Waals surface area contributed by atoms with Gasteiger partial charge in [0, 0.05) is 12.5 Å². The number of rotatable bonds is 7. The van der Waals surface area contributed by atoms with E-state index < -0.39 is 22.8 Å². The van der Waals surface area contributed by atoms with E-state index in [2.05, 4.69) is 5.32 Å². The number of benzene rings is 4. The second-order valence-corrected chi connectivity index (χ2v) is 7.71. The third-order valence-electron chi connectivity index (χ3n) is 5.67. The van der Waals surface area contributed by atoms with Crippen LogP contribution in [0.5, 0.6) is 5.75 Å². The van der Waals surface area contributed by atoms with Crippen molar-refractivity contribution in [1.82, 2.24) is 5.32 Å². The number of nitrogens with zero attached hydrogens (tertiary/aromatic N) is 1. The van der Waals surface area contributed by atoms with Crippen LogP contribution in [0.3, 0.4) is 0 Å². The summed E-state index contributed by atoms with van der Waals surface area (Å²) in [5.41, 5.74) is 0.698. The summed E-state index contributed by atoms with van der Waals surface area (Å²) in [6.07, 6.45) is 0.00590. The quantitative estimate of drug-likeness (QED) is 0.190. The summed E-state index contributed by atoms with van der Waals surface area (Å²) in [7, 11) is 2.57. The molecule has 0 aliphatic rings. The Morgan fingerprint density at radius 2 is 1.56 bits per heavy atom. The predicted molar refractivity (Wildman–Crippen MR) is 128 cm³/mol. The van der Waals surface area contributed by atoms with Gasteiger partial charge in [-0.1, -0.05) is 54.6 Å². The van der Waals surface area contributed by atoms with Crippen molar-refractivity contribution in [3.05, 3.63) is 94.0 Å². The summed E-state index contributed by atoms with van der Waals surface area (Å²) in [6.45, 7) is 0. The fraction of sp³-hybridized carbons (Fsp3) is 0.154. The van der Waals surface area contributed by atoms with E-state index in [1.807, 2.05) is 54.6 Å². The van der Waals surface area contributed by atoms with E-state index in [4.69, 9.17) is 9.47 Å². The molecular formula is C26H22N2O6. The first kappa shape index (κ1) is 22.7. The van der Waals surface area contributed by atoms with Crippen molar-refractivity contribution >= 4 is 39.1 Å². The van der Waals surface area contributed by atoms with Crippen molar-refractivity contribution in [2.24, 2.45) is 0 Å². The smallest absolute Gasteiger partial charge is 0.328 e. The molecule has 0 heterocycles. The summed E-state index contributed by atoms with van der Waals surface area (Å²) < 4.78 is 9.94. The molecule has 34 heavy (non-hydrogen) atoms. The van der Waals surface area contributed by atoms with Crippen LogP contribution in [0, 0.1) is 10.1 Å². The lowest BCUT2D eigenvalue weighted by atomic mass is 9.95. The van der Waals surface area contributed by atoms with Crippen LogP contribution in [0.25, 0.3) is 21.5 Å². The second-order valence-electron chi connectivity index (χ2n) is 7.71. The van der Waals surface area contributed by atoms with Gasteiger partial charge in [0.15, 0.2) is 5.75 Å². The number of hydrogen-bond acceptors (Lipinski definition) is 6. The highest BCUT2D eigenvalue weighted by Crippen LogP contribution is 2.30. The lowest BCUT2D eigenvalue weighted by Crippen LogP contribution is -2.43. The van der Waals surface area contributed by atoms with Crippen molar-refractivity contribution in [3.63, 3.8) is 0 Å². The lowest BCUT2D eigenvalue weighted by molar-refractivity contribution is -0.385. The number of nitrogens with one attached hydrogen (secondary N) is 1. The van der Waals surface area contributed by atoms with Crippen LogP contribution in [0.4, 0.5) is 5.69 Å². The maximum Gasteiger partial charge on any atom is 0.328 e. The minimum atomic E-state index is -1.05. The van der Waals surface area contributed by atoms with Gasteiger partial charge in [-0.25, -0.2) is 4.79 Å². The molecule has 0 saturated carbocycles. The van der Waals surface area contributed by atoms with Gasteiger partial charge in [-0.3, -0.25) is 14.9 Å². The Hall–Kier alpha value is -4.46. The van der Waals surface area contributed by atoms with E-state index in [9.17, 15) is 19.7 Å². The largest absolute Gasteiger partial charge is 0.490 e. The molecule has 4 aromatic rings. The number of esters is 1. The zero-order valence-corrected chi connectivity index (χ0v) is 18.6. The van der Waals surface area contributed by atoms with Crippen LogP contribution in [-0.2, 0) is 16.0 Å². The molecule has 1 amide bonds. The number of carbonyl (C=O) groups is 2. The number of fused-ring (bicyclic) bond motifs is 2. The Morgan fingerprint density at radius 3 is 2.12 bits per heavy atom. The molecule has 0 spiro atoms. The van der Waals surface area contributed by atoms with Crippen LogP contribution in [0.2, 0.25) is 0 Å². The molecule has 8 nitrogen and oxygen atoms in total. The summed E-state index contributed by atoms with van der Waals surface area (Å²) in [5, 5.41) is 17.5. The highest BCUT2D eigenvalue weighted by Gasteiger charge is 2.26. The van der Waals surface area contributed by atoms with Crippen LogP contribution in [0.15, 0.2) is 72.8 Å². The average molecular weight is 458 g/mol. The summed E-state index contributed by atoms with van der Waals surface area (Å²) >= 11 is 0. The van der Waals surface area contributed by atoms with E-state index in [1.165, 1.54) is 26.4 Å². The van der Waals surface area contributed by atoms with E-state index >= 15 is 0 Å². The Balaban J connectivity index is 1.72. The number of methoxy groups -OCH3 is 2. The van der Waals surface area contributed by atoms with Crippen molar-refractivity contribution in [2.75, 3.05) is 14.2 Å². The molecule has 1 atom stereocenters. The maximum absolute atomic E-state index is 13.5. The Labute approximate surface area is 195 Å². The van der Waals surface area contributed by atoms with Gasteiger partial charge in [0.2, 0.25) is 0 Å². The van der Waals surface area contributed by atoms with Gasteiger partial charge in [0.05, 0.1) is 24.7 Å². The molecule has 0 bridgehead atoms. The van der Waals surface area contributed by atoms with Crippen molar-refractivity contribution in [3.8, 4) is 5.75 Å². The molecule has 0 fully saturated rings. The molecule has 4 rings (SSSR count). The molecule has 0 radical (unpaired) electrons. The summed E-state index contributed by atoms with van der Waals surface area (Å²) in [6, 6.07) is 20.4. The summed E-state index contributed by atoms with van der Waals surface area (Å²) in [4.78, 5) is 36.9. The van der Waals surface area contributed by atoms with Gasteiger partial charge < -0.3 is 14.8 Å². The Kier molecular flexibility index (Phi) is 6.40. The zero-order chi connectivity index (χ0) is 24.2. The van der Waals surface area contributed by atoms with Crippen molar-refractivity contribution in [1.29, 1.82) is 0 Å². The normalized spacial score (nSPS) is 11.7. The molecule has 172 valence electrons. The lowest BCUT2D eigenvalue weighted by Gasteiger charge is -2.18. The van der Waals surface area contributed by atoms with Crippen molar-refractivity contribution < 1.29 is 24.0 Å². The molecule has 0 aromatic heterocycles. The first-order valence-corrected chi connectivity index (χ1v) is 10.5. The molecule has 0 saturated heterocycles. The van der Waals surface area contributed by atoms with Crippen LogP contribution >= 0.6 is 0 Å². The monoisotopic (exact) mass is 458 g/mol. The van der Waals surface area contributed by atoms with Crippen LogP contribution in [-0.4, -0.2) is 37.1 Å². The molecule has 4 aromatic carbocycles. The third-order valence-corrected chi connectivity index (χ3v) is 5.67. The minimum absolute atomic E-state index is 0.00590. The highest BCUT2D eigenvalue weighted by atomic mass is 16.6. The molecule has 0 aliphatic heterocycles. The van der Waals surface area contributed by atoms with Gasteiger partial charge in [-0.15, -0.1) is 0 Å². The van der Waals surface area contributed by atoms with Gasteiger partial charge in [-0.05, 0) is 39.2 Å². The van der Waals surface area contributed by atoms with Gasteiger partial charge >= 0.3 is 11.7 Å². The van der Waals surface area contributed by atoms with E-state index in [1.54, 1.807) is 6.07 Å². The molecule has 0 aliphatic carbocycles. The van der Waals surface area contributed by atoms with Gasteiger partial charge in [0.1, 0.15) is 6.04 Å². The highest BCUT2D eigenvalue weighted by molar-refractivity contribution is 6.18. The molecule has 0 unspecified atom stereocenters. The number of nitro groups is 1. The Bertz CT molecular complexity index is 1360. The number of nitro benzene ring substituents is 1. The van der Waals surface area contributed by atoms with Crippen LogP contribution < -0.4 is 10.1 Å². The predicted octanol–water partition coefficient (Wildman–Crippen LogP) is 4.42. The number of amides is 1. The molecular weight excluding hydrogens is 436 g/mol. The zero-order valence-electron chi connectivity index (χ0n) is 18.6. The van der Waals surface area contributed by atoms with Crippen molar-refractivity contribution in [2.45, 2.75) is 12.5 Å². The van der Waals surface area contributed by atoms with Crippen LogP contribution in [0.1, 0.15) is 15.9 Å². The number of carbonyl (C=O) groups excluding carboxylic acids is 2. The minimum Gasteiger partial charge on any atom is -0.490 e. The number of hydrogen-bond donors (Lipinski definition) is 1. The third kappa shape index (κ3) is 4.38. The SMILES string of the molecule is COC(=O)[C@@H](Cc1ccc(OC)c([N+](=O)[O-])c1)NC(=O)c1c2ccccc2cc2ccccc12. The molecule has 1 N–H and O–H groups in total. The second kappa shape index (κ2) is 9.58. The van der Waals surface area contributed by atoms with E-state index in [0.29, 0.717) is 11.1 Å². The fourth-order valence-corrected chi connectivity index (χ4v) is 4.07. The van der Waals surface area contributed by atoms with E-state index in [-0.39, 0.29) is 17.9 Å². The van der Waals surface area contributed by atoms with Gasteiger partial charge in [-0.2, -0.15) is 0 Å². The average Bonchev–Trinajstić information content (AvgIpc) is 2.86. The molecule has 8 heteroatoms. The fourth-order valence-electron chi connectivity index (χ4n) is 4.07. The standard InChI is InChI=1S/C26H22N2O6/c1-33-23-12-11-16(14-22(23)28(31)32)13-21(26(30)34-2)27-25(29)24-19-9-5-3-7-17(19)15-18-8-4-6-10-20(18)24/h3-12,14-15,21H,13H2,1-2H3,(H,27,29)/t21-/m1/s1. The number of ether oxygens (including phenoxy) is 2. The first-order valence-electron chi connectivity index (χ1n) is 10.5. The topological polar surface area (TPSA) is 108 Å². The summed E-state index contributed by atoms with van der Waals surface area (Å²) in [5.74, 6) is -0.989. The van der Waals surface area contributed by atoms with E-state index in [0.717, 1.165) is 21.5 Å². The maximum atomic E-state index is 13.5. The van der Waals surface area contributed by atoms with Gasteiger partial charge in [0.25, 0.3) is 5.91 Å².